The highest BCUT2D eigenvalue weighted by Gasteiger charge is 2.25. The van der Waals surface area contributed by atoms with E-state index in [0.717, 1.165) is 30.2 Å². The smallest absolute Gasteiger partial charge is 0.0539 e. The summed E-state index contributed by atoms with van der Waals surface area (Å²) in [5.74, 6) is 0. The summed E-state index contributed by atoms with van der Waals surface area (Å²) in [7, 11) is 2.14. The van der Waals surface area contributed by atoms with Crippen molar-refractivity contribution in [2.45, 2.75) is 13.0 Å². The Balaban J connectivity index is 2.28. The number of likely N-dealkylation sites (N-methyl/N-ethyl adjacent to an activating group) is 1. The summed E-state index contributed by atoms with van der Waals surface area (Å²) in [6.07, 6.45) is 0. The third-order valence-electron chi connectivity index (χ3n) is 3.51. The number of piperazine rings is 1. The van der Waals surface area contributed by atoms with Gasteiger partial charge in [0.2, 0.25) is 0 Å². The van der Waals surface area contributed by atoms with Crippen LogP contribution in [0.2, 0.25) is 5.02 Å². The predicted molar refractivity (Wildman–Crippen MR) is 73.9 cm³/mol. The summed E-state index contributed by atoms with van der Waals surface area (Å²) in [6, 6.07) is 6.46. The number of hydrogen-bond acceptors (Lipinski definition) is 3. The topological polar surface area (TPSA) is 32.5 Å². The lowest BCUT2D eigenvalue weighted by molar-refractivity contribution is 0.269. The van der Waals surface area contributed by atoms with Crippen LogP contribution in [0.15, 0.2) is 18.2 Å². The average molecular weight is 254 g/mol. The van der Waals surface area contributed by atoms with Crippen molar-refractivity contribution in [2.24, 2.45) is 5.73 Å². The number of nitrogens with two attached hydrogens (primary N) is 1. The molecule has 0 saturated carbocycles. The minimum atomic E-state index is 0.380. The second-order valence-electron chi connectivity index (χ2n) is 4.73. The Bertz CT molecular complexity index is 394. The molecule has 1 heterocycles. The zero-order chi connectivity index (χ0) is 12.4. The van der Waals surface area contributed by atoms with Crippen molar-refractivity contribution in [1.29, 1.82) is 0 Å². The number of hydrogen-bond donors (Lipinski definition) is 1. The van der Waals surface area contributed by atoms with E-state index in [2.05, 4.69) is 29.8 Å². The van der Waals surface area contributed by atoms with Crippen molar-refractivity contribution in [3.63, 3.8) is 0 Å². The van der Waals surface area contributed by atoms with Gasteiger partial charge in [-0.3, -0.25) is 0 Å². The van der Waals surface area contributed by atoms with Crippen LogP contribution in [0.25, 0.3) is 0 Å². The van der Waals surface area contributed by atoms with Crippen molar-refractivity contribution >= 4 is 17.3 Å². The van der Waals surface area contributed by atoms with E-state index in [1.807, 2.05) is 12.1 Å². The molecule has 1 aliphatic heterocycles. The molecule has 1 aromatic rings. The first-order valence-corrected chi connectivity index (χ1v) is 6.41. The quantitative estimate of drug-likeness (QED) is 0.871. The monoisotopic (exact) mass is 253 g/mol. The molecular weight excluding hydrogens is 234 g/mol. The first-order valence-electron chi connectivity index (χ1n) is 6.04. The second-order valence-corrected chi connectivity index (χ2v) is 5.14. The molecule has 1 aliphatic rings. The minimum Gasteiger partial charge on any atom is -0.364 e. The Labute approximate surface area is 108 Å². The van der Waals surface area contributed by atoms with Gasteiger partial charge in [0.1, 0.15) is 0 Å². The lowest BCUT2D eigenvalue weighted by Crippen LogP contribution is -2.55. The van der Waals surface area contributed by atoms with Gasteiger partial charge in [0.25, 0.3) is 0 Å². The molecule has 0 radical (unpaired) electrons. The fourth-order valence-corrected chi connectivity index (χ4v) is 2.61. The Morgan fingerprint density at radius 2 is 2.18 bits per heavy atom. The Hall–Kier alpha value is -0.770. The lowest BCUT2D eigenvalue weighted by atomic mass is 10.1. The number of benzene rings is 1. The molecule has 1 atom stereocenters. The van der Waals surface area contributed by atoms with Crippen LogP contribution in [0.1, 0.15) is 5.56 Å². The zero-order valence-corrected chi connectivity index (χ0v) is 11.2. The maximum atomic E-state index is 6.18. The third-order valence-corrected chi connectivity index (χ3v) is 3.92. The zero-order valence-electron chi connectivity index (χ0n) is 10.5. The molecule has 0 aromatic heterocycles. The number of halogens is 1. The van der Waals surface area contributed by atoms with Crippen molar-refractivity contribution in [2.75, 3.05) is 38.1 Å². The SMILES string of the molecule is Cc1c(Cl)cccc1N1CCN(C)CC1CN. The third kappa shape index (κ3) is 2.57. The highest BCUT2D eigenvalue weighted by Crippen LogP contribution is 2.28. The summed E-state index contributed by atoms with van der Waals surface area (Å²) in [5, 5.41) is 0.831. The molecule has 94 valence electrons. The second kappa shape index (κ2) is 5.25. The maximum absolute atomic E-state index is 6.18. The van der Waals surface area contributed by atoms with Crippen LogP contribution in [-0.4, -0.2) is 44.2 Å². The Morgan fingerprint density at radius 3 is 2.88 bits per heavy atom. The molecule has 17 heavy (non-hydrogen) atoms. The molecule has 3 nitrogen and oxygen atoms in total. The fourth-order valence-electron chi connectivity index (χ4n) is 2.44. The van der Waals surface area contributed by atoms with E-state index >= 15 is 0 Å². The molecule has 2 rings (SSSR count). The van der Waals surface area contributed by atoms with Crippen LogP contribution >= 0.6 is 11.6 Å². The summed E-state index contributed by atoms with van der Waals surface area (Å²) in [5.41, 5.74) is 8.25. The minimum absolute atomic E-state index is 0.380. The predicted octanol–water partition coefficient (Wildman–Crippen LogP) is 1.73. The van der Waals surface area contributed by atoms with E-state index in [-0.39, 0.29) is 0 Å². The van der Waals surface area contributed by atoms with Crippen LogP contribution in [0, 0.1) is 6.92 Å². The number of rotatable bonds is 2. The van der Waals surface area contributed by atoms with E-state index in [9.17, 15) is 0 Å². The van der Waals surface area contributed by atoms with Gasteiger partial charge in [0.15, 0.2) is 0 Å². The van der Waals surface area contributed by atoms with Crippen LogP contribution in [0.5, 0.6) is 0 Å². The van der Waals surface area contributed by atoms with Crippen LogP contribution in [-0.2, 0) is 0 Å². The highest BCUT2D eigenvalue weighted by molar-refractivity contribution is 6.31. The largest absolute Gasteiger partial charge is 0.364 e. The van der Waals surface area contributed by atoms with Gasteiger partial charge in [0.05, 0.1) is 6.04 Å². The molecule has 1 unspecified atom stereocenters. The molecule has 1 aromatic carbocycles. The molecule has 1 saturated heterocycles. The van der Waals surface area contributed by atoms with Gasteiger partial charge in [-0.05, 0) is 31.7 Å². The van der Waals surface area contributed by atoms with E-state index in [4.69, 9.17) is 17.3 Å². The van der Waals surface area contributed by atoms with E-state index in [1.54, 1.807) is 0 Å². The van der Waals surface area contributed by atoms with Crippen LogP contribution < -0.4 is 10.6 Å². The van der Waals surface area contributed by atoms with Gasteiger partial charge in [-0.15, -0.1) is 0 Å². The van der Waals surface area contributed by atoms with Gasteiger partial charge >= 0.3 is 0 Å². The Kier molecular flexibility index (Phi) is 3.92. The van der Waals surface area contributed by atoms with Gasteiger partial charge in [0, 0.05) is 36.9 Å². The molecule has 0 amide bonds. The van der Waals surface area contributed by atoms with Crippen LogP contribution in [0.4, 0.5) is 5.69 Å². The molecule has 2 N–H and O–H groups in total. The van der Waals surface area contributed by atoms with Crippen molar-refractivity contribution < 1.29 is 0 Å². The summed E-state index contributed by atoms with van der Waals surface area (Å²) in [6.45, 7) is 5.85. The van der Waals surface area contributed by atoms with Gasteiger partial charge in [-0.2, -0.15) is 0 Å². The number of nitrogens with zero attached hydrogens (tertiary/aromatic N) is 2. The first kappa shape index (κ1) is 12.7. The molecular formula is C13H20ClN3. The fraction of sp³-hybridized carbons (Fsp3) is 0.538. The van der Waals surface area contributed by atoms with Gasteiger partial charge < -0.3 is 15.5 Å². The molecule has 0 bridgehead atoms. The maximum Gasteiger partial charge on any atom is 0.0539 e. The van der Waals surface area contributed by atoms with Gasteiger partial charge in [-0.1, -0.05) is 17.7 Å². The molecule has 4 heteroatoms. The lowest BCUT2D eigenvalue weighted by Gasteiger charge is -2.41. The van der Waals surface area contributed by atoms with E-state index < -0.39 is 0 Å². The summed E-state index contributed by atoms with van der Waals surface area (Å²) in [4.78, 5) is 4.72. The molecule has 1 fully saturated rings. The normalized spacial score (nSPS) is 21.9. The standard InChI is InChI=1S/C13H20ClN3/c1-10-12(14)4-3-5-13(10)17-7-6-16(2)9-11(17)8-15/h3-5,11H,6-9,15H2,1-2H3. The summed E-state index contributed by atoms with van der Waals surface area (Å²) >= 11 is 6.18. The van der Waals surface area contributed by atoms with Gasteiger partial charge in [-0.25, -0.2) is 0 Å². The number of anilines is 1. The van der Waals surface area contributed by atoms with Crippen molar-refractivity contribution in [1.82, 2.24) is 4.90 Å². The van der Waals surface area contributed by atoms with E-state index in [0.29, 0.717) is 12.6 Å². The highest BCUT2D eigenvalue weighted by atomic mass is 35.5. The van der Waals surface area contributed by atoms with E-state index in [1.165, 1.54) is 5.69 Å². The molecule has 0 spiro atoms. The average Bonchev–Trinajstić information content (AvgIpc) is 2.33. The Morgan fingerprint density at radius 1 is 1.41 bits per heavy atom. The molecule has 0 aliphatic carbocycles. The van der Waals surface area contributed by atoms with Crippen molar-refractivity contribution in [3.05, 3.63) is 28.8 Å². The summed E-state index contributed by atoms with van der Waals surface area (Å²) < 4.78 is 0. The van der Waals surface area contributed by atoms with Crippen LogP contribution in [0.3, 0.4) is 0 Å². The first-order chi connectivity index (χ1) is 8.13. The van der Waals surface area contributed by atoms with Crippen molar-refractivity contribution in [3.8, 4) is 0 Å².